The van der Waals surface area contributed by atoms with Gasteiger partial charge in [-0.3, -0.25) is 0 Å². The summed E-state index contributed by atoms with van der Waals surface area (Å²) in [6.07, 6.45) is 2.32. The van der Waals surface area contributed by atoms with Gasteiger partial charge in [0, 0.05) is 6.04 Å². The van der Waals surface area contributed by atoms with Gasteiger partial charge in [0.25, 0.3) is 0 Å². The first-order valence-corrected chi connectivity index (χ1v) is 4.50. The topological polar surface area (TPSA) is 48.7 Å². The second-order valence-corrected chi connectivity index (χ2v) is 3.21. The maximum Gasteiger partial charge on any atom is 0.140 e. The van der Waals surface area contributed by atoms with Crippen LogP contribution in [0.1, 0.15) is 30.3 Å². The quantitative estimate of drug-likeness (QED) is 0.698. The van der Waals surface area contributed by atoms with Gasteiger partial charge >= 0.3 is 0 Å². The monoisotopic (exact) mass is 173 g/mol. The van der Waals surface area contributed by atoms with Crippen molar-refractivity contribution in [3.05, 3.63) is 29.6 Å². The Morgan fingerprint density at radius 3 is 3.15 bits per heavy atom. The normalized spacial score (nSPS) is 21.3. The largest absolute Gasteiger partial charge is 0.309 e. The number of nitrogens with one attached hydrogen (secondary N) is 1. The molecule has 0 aliphatic carbocycles. The van der Waals surface area contributed by atoms with Crippen molar-refractivity contribution in [3.63, 3.8) is 0 Å². The second-order valence-electron chi connectivity index (χ2n) is 3.21. The van der Waals surface area contributed by atoms with E-state index in [2.05, 4.69) is 16.4 Å². The molecule has 1 aliphatic rings. The Hall–Kier alpha value is -1.40. The highest BCUT2D eigenvalue weighted by Gasteiger charge is 2.17. The summed E-state index contributed by atoms with van der Waals surface area (Å²) in [5.74, 6) is 0. The van der Waals surface area contributed by atoms with Crippen molar-refractivity contribution in [2.75, 3.05) is 6.54 Å². The molecular formula is C10H11N3. The zero-order chi connectivity index (χ0) is 9.10. The molecule has 1 N–H and O–H groups in total. The molecule has 0 bridgehead atoms. The Bertz CT molecular complexity index is 334. The van der Waals surface area contributed by atoms with Crippen molar-refractivity contribution < 1.29 is 0 Å². The minimum Gasteiger partial charge on any atom is -0.309 e. The Morgan fingerprint density at radius 2 is 2.46 bits per heavy atom. The van der Waals surface area contributed by atoms with E-state index in [1.165, 1.54) is 6.42 Å². The number of nitrogens with zero attached hydrogens (tertiary/aromatic N) is 2. The van der Waals surface area contributed by atoms with Crippen molar-refractivity contribution in [2.45, 2.75) is 18.9 Å². The van der Waals surface area contributed by atoms with E-state index in [4.69, 9.17) is 5.26 Å². The van der Waals surface area contributed by atoms with Crippen LogP contribution in [0, 0.1) is 11.3 Å². The van der Waals surface area contributed by atoms with Gasteiger partial charge in [-0.2, -0.15) is 5.26 Å². The summed E-state index contributed by atoms with van der Waals surface area (Å²) in [7, 11) is 0. The highest BCUT2D eigenvalue weighted by molar-refractivity contribution is 5.23. The summed E-state index contributed by atoms with van der Waals surface area (Å²) in [4.78, 5) is 4.25. The average molecular weight is 173 g/mol. The van der Waals surface area contributed by atoms with Gasteiger partial charge < -0.3 is 5.32 Å². The fourth-order valence-corrected chi connectivity index (χ4v) is 1.64. The van der Waals surface area contributed by atoms with Crippen molar-refractivity contribution in [3.8, 4) is 6.07 Å². The van der Waals surface area contributed by atoms with Crippen LogP contribution in [0.15, 0.2) is 18.2 Å². The lowest BCUT2D eigenvalue weighted by atomic mass is 10.1. The Balaban J connectivity index is 2.25. The minimum absolute atomic E-state index is 0.355. The van der Waals surface area contributed by atoms with E-state index in [-0.39, 0.29) is 0 Å². The molecule has 0 aromatic carbocycles. The molecule has 66 valence electrons. The summed E-state index contributed by atoms with van der Waals surface area (Å²) in [6.45, 7) is 1.06. The van der Waals surface area contributed by atoms with E-state index in [1.54, 1.807) is 6.07 Å². The number of hydrogen-bond acceptors (Lipinski definition) is 3. The van der Waals surface area contributed by atoms with Gasteiger partial charge in [-0.15, -0.1) is 0 Å². The van der Waals surface area contributed by atoms with Crippen LogP contribution in [-0.2, 0) is 0 Å². The smallest absolute Gasteiger partial charge is 0.140 e. The van der Waals surface area contributed by atoms with Gasteiger partial charge in [0.05, 0.1) is 5.69 Å². The first kappa shape index (κ1) is 8.21. The van der Waals surface area contributed by atoms with Crippen molar-refractivity contribution in [1.82, 2.24) is 10.3 Å². The van der Waals surface area contributed by atoms with E-state index in [0.29, 0.717) is 11.7 Å². The number of aromatic nitrogens is 1. The van der Waals surface area contributed by atoms with Gasteiger partial charge in [0.2, 0.25) is 0 Å². The molecule has 3 heteroatoms. The number of hydrogen-bond donors (Lipinski definition) is 1. The predicted molar refractivity (Wildman–Crippen MR) is 48.9 cm³/mol. The molecule has 1 saturated heterocycles. The Morgan fingerprint density at radius 1 is 1.54 bits per heavy atom. The highest BCUT2D eigenvalue weighted by atomic mass is 15.0. The third kappa shape index (κ3) is 1.68. The molecule has 0 spiro atoms. The summed E-state index contributed by atoms with van der Waals surface area (Å²) in [5.41, 5.74) is 1.50. The van der Waals surface area contributed by atoms with Gasteiger partial charge in [0.1, 0.15) is 11.8 Å². The Labute approximate surface area is 77.4 Å². The molecule has 13 heavy (non-hydrogen) atoms. The van der Waals surface area contributed by atoms with E-state index in [9.17, 15) is 0 Å². The fourth-order valence-electron chi connectivity index (χ4n) is 1.64. The zero-order valence-corrected chi connectivity index (χ0v) is 7.33. The molecule has 0 radical (unpaired) electrons. The van der Waals surface area contributed by atoms with Crippen molar-refractivity contribution >= 4 is 0 Å². The summed E-state index contributed by atoms with van der Waals surface area (Å²) in [6, 6.07) is 8.01. The zero-order valence-electron chi connectivity index (χ0n) is 7.33. The molecule has 1 atom stereocenters. The summed E-state index contributed by atoms with van der Waals surface area (Å²) in [5, 5.41) is 12.0. The molecule has 0 amide bonds. The van der Waals surface area contributed by atoms with E-state index in [0.717, 1.165) is 18.7 Å². The molecule has 0 saturated carbocycles. The minimum atomic E-state index is 0.355. The van der Waals surface area contributed by atoms with Gasteiger partial charge in [-0.25, -0.2) is 4.98 Å². The van der Waals surface area contributed by atoms with Crippen LogP contribution in [0.3, 0.4) is 0 Å². The number of nitriles is 1. The van der Waals surface area contributed by atoms with Crippen LogP contribution in [0.5, 0.6) is 0 Å². The first-order valence-electron chi connectivity index (χ1n) is 4.50. The van der Waals surface area contributed by atoms with E-state index < -0.39 is 0 Å². The Kier molecular flexibility index (Phi) is 2.24. The van der Waals surface area contributed by atoms with Gasteiger partial charge in [0.15, 0.2) is 0 Å². The molecular weight excluding hydrogens is 162 g/mol. The third-order valence-electron chi connectivity index (χ3n) is 2.30. The fraction of sp³-hybridized carbons (Fsp3) is 0.400. The highest BCUT2D eigenvalue weighted by Crippen LogP contribution is 2.20. The molecule has 1 unspecified atom stereocenters. The molecule has 2 heterocycles. The SMILES string of the molecule is N#Cc1cccc(C2CCCN2)n1. The number of rotatable bonds is 1. The maximum atomic E-state index is 8.67. The molecule has 2 rings (SSSR count). The van der Waals surface area contributed by atoms with Crippen LogP contribution >= 0.6 is 0 Å². The van der Waals surface area contributed by atoms with E-state index >= 15 is 0 Å². The van der Waals surface area contributed by atoms with Crippen LogP contribution in [0.2, 0.25) is 0 Å². The predicted octanol–water partition coefficient (Wildman–Crippen LogP) is 1.38. The second kappa shape index (κ2) is 3.55. The summed E-state index contributed by atoms with van der Waals surface area (Å²) < 4.78 is 0. The van der Waals surface area contributed by atoms with E-state index in [1.807, 2.05) is 12.1 Å². The van der Waals surface area contributed by atoms with Gasteiger partial charge in [-0.1, -0.05) is 6.07 Å². The molecule has 1 aromatic rings. The molecule has 1 aromatic heterocycles. The lowest BCUT2D eigenvalue weighted by molar-refractivity contribution is 0.627. The lowest BCUT2D eigenvalue weighted by Gasteiger charge is -2.08. The summed E-state index contributed by atoms with van der Waals surface area (Å²) >= 11 is 0. The molecule has 1 fully saturated rings. The molecule has 3 nitrogen and oxygen atoms in total. The average Bonchev–Trinajstić information content (AvgIpc) is 2.71. The third-order valence-corrected chi connectivity index (χ3v) is 2.30. The van der Waals surface area contributed by atoms with Crippen molar-refractivity contribution in [2.24, 2.45) is 0 Å². The number of pyridine rings is 1. The van der Waals surface area contributed by atoms with Gasteiger partial charge in [-0.05, 0) is 31.5 Å². The van der Waals surface area contributed by atoms with Crippen LogP contribution in [-0.4, -0.2) is 11.5 Å². The standard InChI is InChI=1S/C10H11N3/c11-7-8-3-1-4-10(13-8)9-5-2-6-12-9/h1,3-4,9,12H,2,5-6H2. The van der Waals surface area contributed by atoms with Crippen LogP contribution in [0.4, 0.5) is 0 Å². The van der Waals surface area contributed by atoms with Crippen LogP contribution in [0.25, 0.3) is 0 Å². The molecule has 1 aliphatic heterocycles. The van der Waals surface area contributed by atoms with Crippen LogP contribution < -0.4 is 5.32 Å². The maximum absolute atomic E-state index is 8.67. The first-order chi connectivity index (χ1) is 6.40. The van der Waals surface area contributed by atoms with Crippen molar-refractivity contribution in [1.29, 1.82) is 5.26 Å². The lowest BCUT2D eigenvalue weighted by Crippen LogP contribution is -2.14.